The molecular weight excluding hydrogens is 319 g/mol. The monoisotopic (exact) mass is 360 g/mol. The van der Waals surface area contributed by atoms with Crippen molar-refractivity contribution in [1.29, 1.82) is 0 Å². The normalized spacial score (nSPS) is 12.3. The molecule has 0 aromatic rings. The van der Waals surface area contributed by atoms with Crippen LogP contribution in [0.25, 0.3) is 0 Å². The Bertz CT molecular complexity index is 321. The van der Waals surface area contributed by atoms with Crippen LogP contribution >= 0.6 is 7.60 Å². The molecule has 24 heavy (non-hydrogen) atoms. The van der Waals surface area contributed by atoms with Crippen molar-refractivity contribution < 1.29 is 13.6 Å². The second-order valence-corrected chi connectivity index (χ2v) is 9.04. The van der Waals surface area contributed by atoms with Crippen molar-refractivity contribution in [2.45, 2.75) is 96.8 Å². The van der Waals surface area contributed by atoms with Gasteiger partial charge in [0.2, 0.25) is 0 Å². The summed E-state index contributed by atoms with van der Waals surface area (Å²) in [5.74, 6) is 0. The van der Waals surface area contributed by atoms with Gasteiger partial charge in [0.1, 0.15) is 0 Å². The average Bonchev–Trinajstić information content (AvgIpc) is 2.61. The minimum Gasteiger partial charge on any atom is -0.312 e. The predicted octanol–water partition coefficient (Wildman–Crippen LogP) is 7.51. The molecule has 0 unspecified atom stereocenters. The van der Waals surface area contributed by atoms with Crippen LogP contribution in [0.4, 0.5) is 0 Å². The number of hydrogen-bond donors (Lipinski definition) is 0. The van der Waals surface area contributed by atoms with E-state index in [-0.39, 0.29) is 0 Å². The van der Waals surface area contributed by atoms with E-state index in [9.17, 15) is 4.57 Å². The first-order valence-electron chi connectivity index (χ1n) is 10.0. The molecule has 0 spiro atoms. The molecule has 0 aromatic carbocycles. The largest absolute Gasteiger partial charge is 0.330 e. The van der Waals surface area contributed by atoms with Gasteiger partial charge in [0, 0.05) is 14.2 Å². The summed E-state index contributed by atoms with van der Waals surface area (Å²) in [4.78, 5) is 0. The summed E-state index contributed by atoms with van der Waals surface area (Å²) in [6.45, 7) is 2.27. The first-order valence-corrected chi connectivity index (χ1v) is 11.8. The standard InChI is InChI=1S/C20H41O3P/c1-4-5-6-7-8-9-10-11-12-13-14-15-16-17-18-19-20-24(21,22-2)23-3/h11-12H,4-10,13-20H2,1-3H3/b12-11-. The van der Waals surface area contributed by atoms with Crippen LogP contribution in [0.5, 0.6) is 0 Å². The zero-order valence-corrected chi connectivity index (χ0v) is 17.3. The molecule has 0 aromatic heterocycles. The van der Waals surface area contributed by atoms with Crippen molar-refractivity contribution in [2.24, 2.45) is 0 Å². The highest BCUT2D eigenvalue weighted by Gasteiger charge is 2.19. The molecule has 0 aliphatic carbocycles. The van der Waals surface area contributed by atoms with Crippen molar-refractivity contribution in [1.82, 2.24) is 0 Å². The first kappa shape index (κ1) is 23.9. The summed E-state index contributed by atoms with van der Waals surface area (Å²) in [7, 11) is 0.147. The number of hydrogen-bond acceptors (Lipinski definition) is 3. The van der Waals surface area contributed by atoms with Gasteiger partial charge < -0.3 is 9.05 Å². The zero-order chi connectivity index (χ0) is 17.9. The van der Waals surface area contributed by atoms with Crippen LogP contribution < -0.4 is 0 Å². The van der Waals surface area contributed by atoms with E-state index >= 15 is 0 Å². The lowest BCUT2D eigenvalue weighted by Gasteiger charge is -2.12. The van der Waals surface area contributed by atoms with E-state index in [1.807, 2.05) is 0 Å². The third-order valence-electron chi connectivity index (χ3n) is 4.50. The van der Waals surface area contributed by atoms with E-state index in [1.165, 1.54) is 91.3 Å². The third-order valence-corrected chi connectivity index (χ3v) is 6.48. The molecule has 0 aliphatic rings. The number of unbranched alkanes of at least 4 members (excludes halogenated alkanes) is 12. The summed E-state index contributed by atoms with van der Waals surface area (Å²) in [6, 6.07) is 0. The topological polar surface area (TPSA) is 35.5 Å². The molecule has 0 radical (unpaired) electrons. The summed E-state index contributed by atoms with van der Waals surface area (Å²) in [5.41, 5.74) is 0. The van der Waals surface area contributed by atoms with Gasteiger partial charge in [0.25, 0.3) is 0 Å². The van der Waals surface area contributed by atoms with Crippen molar-refractivity contribution >= 4 is 7.60 Å². The van der Waals surface area contributed by atoms with Crippen molar-refractivity contribution in [3.05, 3.63) is 12.2 Å². The Morgan fingerprint density at radius 2 is 1.08 bits per heavy atom. The minimum atomic E-state index is -2.78. The van der Waals surface area contributed by atoms with Gasteiger partial charge in [0.15, 0.2) is 0 Å². The van der Waals surface area contributed by atoms with Gasteiger partial charge in [-0.1, -0.05) is 76.9 Å². The predicted molar refractivity (Wildman–Crippen MR) is 106 cm³/mol. The summed E-state index contributed by atoms with van der Waals surface area (Å²) in [5, 5.41) is 0. The maximum Gasteiger partial charge on any atom is 0.330 e. The Hall–Kier alpha value is -0.110. The van der Waals surface area contributed by atoms with Crippen molar-refractivity contribution in [3.63, 3.8) is 0 Å². The second-order valence-electron chi connectivity index (χ2n) is 6.64. The fourth-order valence-corrected chi connectivity index (χ4v) is 3.94. The Morgan fingerprint density at radius 3 is 1.54 bits per heavy atom. The van der Waals surface area contributed by atoms with E-state index in [2.05, 4.69) is 19.1 Å². The fraction of sp³-hybridized carbons (Fsp3) is 0.900. The molecular formula is C20H41O3P. The zero-order valence-electron chi connectivity index (χ0n) is 16.4. The molecule has 0 fully saturated rings. The highest BCUT2D eigenvalue weighted by Crippen LogP contribution is 2.47. The van der Waals surface area contributed by atoms with Crippen LogP contribution in [0.3, 0.4) is 0 Å². The Balaban J connectivity index is 3.25. The van der Waals surface area contributed by atoms with E-state index < -0.39 is 7.60 Å². The molecule has 0 saturated carbocycles. The molecule has 0 N–H and O–H groups in total. The van der Waals surface area contributed by atoms with Gasteiger partial charge in [-0.3, -0.25) is 4.57 Å². The lowest BCUT2D eigenvalue weighted by Crippen LogP contribution is -1.94. The highest BCUT2D eigenvalue weighted by molar-refractivity contribution is 7.53. The van der Waals surface area contributed by atoms with Crippen LogP contribution in [0.1, 0.15) is 96.8 Å². The van der Waals surface area contributed by atoms with E-state index in [4.69, 9.17) is 9.05 Å². The van der Waals surface area contributed by atoms with Gasteiger partial charge >= 0.3 is 7.60 Å². The minimum absolute atomic E-state index is 0.543. The SMILES string of the molecule is CCCCCCCC/C=C\CCCCCCCCP(=O)(OC)OC. The fourth-order valence-electron chi connectivity index (χ4n) is 2.81. The number of allylic oxidation sites excluding steroid dienone is 2. The highest BCUT2D eigenvalue weighted by atomic mass is 31.2. The summed E-state index contributed by atoms with van der Waals surface area (Å²) < 4.78 is 21.7. The summed E-state index contributed by atoms with van der Waals surface area (Å²) >= 11 is 0. The smallest absolute Gasteiger partial charge is 0.312 e. The third kappa shape index (κ3) is 15.4. The van der Waals surface area contributed by atoms with Gasteiger partial charge in [-0.05, 0) is 32.1 Å². The second kappa shape index (κ2) is 17.7. The average molecular weight is 361 g/mol. The van der Waals surface area contributed by atoms with Crippen LogP contribution in [0.15, 0.2) is 12.2 Å². The molecule has 3 nitrogen and oxygen atoms in total. The molecule has 0 aliphatic heterocycles. The molecule has 0 atom stereocenters. The van der Waals surface area contributed by atoms with Crippen molar-refractivity contribution in [3.8, 4) is 0 Å². The van der Waals surface area contributed by atoms with Crippen LogP contribution in [0, 0.1) is 0 Å². The molecule has 0 rings (SSSR count). The van der Waals surface area contributed by atoms with Gasteiger partial charge in [-0.25, -0.2) is 0 Å². The quantitative estimate of drug-likeness (QED) is 0.144. The van der Waals surface area contributed by atoms with E-state index in [0.717, 1.165) is 12.8 Å². The van der Waals surface area contributed by atoms with Gasteiger partial charge in [0.05, 0.1) is 6.16 Å². The molecule has 0 bridgehead atoms. The summed E-state index contributed by atoms with van der Waals surface area (Å²) in [6.07, 6.45) is 23.2. The first-order chi connectivity index (χ1) is 11.7. The maximum absolute atomic E-state index is 11.8. The molecule has 0 amide bonds. The van der Waals surface area contributed by atoms with Crippen LogP contribution in [0.2, 0.25) is 0 Å². The molecule has 0 saturated heterocycles. The van der Waals surface area contributed by atoms with Gasteiger partial charge in [-0.15, -0.1) is 0 Å². The van der Waals surface area contributed by atoms with Crippen molar-refractivity contribution in [2.75, 3.05) is 20.4 Å². The molecule has 4 heteroatoms. The lowest BCUT2D eigenvalue weighted by atomic mass is 10.1. The number of rotatable bonds is 18. The van der Waals surface area contributed by atoms with Crippen LogP contribution in [-0.4, -0.2) is 20.4 Å². The Morgan fingerprint density at radius 1 is 0.667 bits per heavy atom. The maximum atomic E-state index is 11.8. The van der Waals surface area contributed by atoms with E-state index in [1.54, 1.807) is 0 Å². The Labute approximate surface area is 151 Å². The van der Waals surface area contributed by atoms with Crippen LogP contribution in [-0.2, 0) is 13.6 Å². The molecule has 0 heterocycles. The molecule has 144 valence electrons. The Kier molecular flexibility index (Phi) is 17.6. The van der Waals surface area contributed by atoms with E-state index in [0.29, 0.717) is 6.16 Å². The lowest BCUT2D eigenvalue weighted by molar-refractivity contribution is 0.275. The van der Waals surface area contributed by atoms with Gasteiger partial charge in [-0.2, -0.15) is 0 Å².